The standard InChI is InChI=1S/C15H16ClF2N5S.C2H6/c1-2-24-15-21-12-9-11(20-13(16)10(12)18)8(17)5-7-6-19-3-4-23(7)14(9)22-15;1-2/h7-8,19H,2-6H2,1H3;1-2H3. The molecule has 1 saturated heterocycles. The third-order valence-corrected chi connectivity index (χ3v) is 5.38. The van der Waals surface area contributed by atoms with Gasteiger partial charge in [0, 0.05) is 32.1 Å². The Morgan fingerprint density at radius 3 is 2.81 bits per heavy atom. The molecule has 2 aromatic rings. The van der Waals surface area contributed by atoms with Crippen molar-refractivity contribution < 1.29 is 8.78 Å². The Kier molecular flexibility index (Phi) is 6.14. The molecule has 2 aliphatic heterocycles. The molecule has 0 amide bonds. The van der Waals surface area contributed by atoms with Crippen molar-refractivity contribution in [1.82, 2.24) is 20.3 Å². The summed E-state index contributed by atoms with van der Waals surface area (Å²) in [4.78, 5) is 14.9. The van der Waals surface area contributed by atoms with Crippen LogP contribution >= 0.6 is 23.4 Å². The van der Waals surface area contributed by atoms with E-state index in [1.165, 1.54) is 11.8 Å². The minimum Gasteiger partial charge on any atom is -0.350 e. The summed E-state index contributed by atoms with van der Waals surface area (Å²) in [6.07, 6.45) is -1.06. The summed E-state index contributed by atoms with van der Waals surface area (Å²) in [5, 5.41) is 3.77. The summed E-state index contributed by atoms with van der Waals surface area (Å²) < 4.78 is 29.4. The van der Waals surface area contributed by atoms with E-state index < -0.39 is 12.0 Å². The predicted octanol–water partition coefficient (Wildman–Crippen LogP) is 4.15. The van der Waals surface area contributed by atoms with Crippen LogP contribution in [0.3, 0.4) is 0 Å². The van der Waals surface area contributed by atoms with Gasteiger partial charge in [-0.05, 0) is 5.75 Å². The summed E-state index contributed by atoms with van der Waals surface area (Å²) in [5.41, 5.74) is 0.210. The van der Waals surface area contributed by atoms with Crippen molar-refractivity contribution in [2.24, 2.45) is 0 Å². The summed E-state index contributed by atoms with van der Waals surface area (Å²) in [6.45, 7) is 8.09. The molecule has 142 valence electrons. The lowest BCUT2D eigenvalue weighted by atomic mass is 10.1. The van der Waals surface area contributed by atoms with Crippen LogP contribution in [0.2, 0.25) is 5.15 Å². The molecule has 9 heteroatoms. The first-order valence-electron chi connectivity index (χ1n) is 8.91. The lowest BCUT2D eigenvalue weighted by Gasteiger charge is -2.36. The summed E-state index contributed by atoms with van der Waals surface area (Å²) in [7, 11) is 0. The number of rotatable bonds is 2. The van der Waals surface area contributed by atoms with Gasteiger partial charge in [0.15, 0.2) is 16.1 Å². The number of nitrogens with one attached hydrogen (secondary N) is 1. The molecule has 2 aliphatic rings. The second-order valence-electron chi connectivity index (χ2n) is 5.84. The van der Waals surface area contributed by atoms with Crippen LogP contribution in [0, 0.1) is 5.82 Å². The highest BCUT2D eigenvalue weighted by molar-refractivity contribution is 7.99. The zero-order chi connectivity index (χ0) is 18.8. The average molecular weight is 402 g/mol. The van der Waals surface area contributed by atoms with Crippen LogP contribution < -0.4 is 10.2 Å². The molecule has 5 nitrogen and oxygen atoms in total. The maximum absolute atomic E-state index is 14.9. The largest absolute Gasteiger partial charge is 0.350 e. The number of fused-ring (bicyclic) bond motifs is 2. The van der Waals surface area contributed by atoms with Crippen LogP contribution in [0.5, 0.6) is 0 Å². The number of hydrogen-bond acceptors (Lipinski definition) is 6. The maximum atomic E-state index is 14.9. The third-order valence-electron chi connectivity index (χ3n) is 4.40. The Hall–Kier alpha value is -1.25. The van der Waals surface area contributed by atoms with E-state index in [1.807, 2.05) is 20.8 Å². The van der Waals surface area contributed by atoms with Crippen LogP contribution in [-0.2, 0) is 0 Å². The van der Waals surface area contributed by atoms with E-state index in [1.54, 1.807) is 0 Å². The Bertz CT molecular complexity index is 807. The number of halogens is 3. The molecule has 2 unspecified atom stereocenters. The van der Waals surface area contributed by atoms with Crippen LogP contribution in [0.1, 0.15) is 39.1 Å². The number of nitrogens with zero attached hydrogens (tertiary/aromatic N) is 4. The molecule has 1 fully saturated rings. The summed E-state index contributed by atoms with van der Waals surface area (Å²) in [5.74, 6) is 0.619. The lowest BCUT2D eigenvalue weighted by Crippen LogP contribution is -2.51. The van der Waals surface area contributed by atoms with Crippen LogP contribution in [-0.4, -0.2) is 46.4 Å². The van der Waals surface area contributed by atoms with E-state index >= 15 is 0 Å². The van der Waals surface area contributed by atoms with Gasteiger partial charge in [-0.25, -0.2) is 23.7 Å². The number of anilines is 1. The molecule has 0 saturated carbocycles. The van der Waals surface area contributed by atoms with E-state index in [0.29, 0.717) is 29.5 Å². The molecule has 0 aliphatic carbocycles. The number of aromatic nitrogens is 3. The number of thioether (sulfide) groups is 1. The molecular weight excluding hydrogens is 380 g/mol. The topological polar surface area (TPSA) is 53.9 Å². The van der Waals surface area contributed by atoms with E-state index in [0.717, 1.165) is 12.3 Å². The molecule has 1 N–H and O–H groups in total. The van der Waals surface area contributed by atoms with Crippen molar-refractivity contribution >= 4 is 40.1 Å². The van der Waals surface area contributed by atoms with Crippen molar-refractivity contribution in [2.45, 2.75) is 44.6 Å². The van der Waals surface area contributed by atoms with Gasteiger partial charge in [-0.2, -0.15) is 0 Å². The molecule has 2 atom stereocenters. The van der Waals surface area contributed by atoms with Crippen molar-refractivity contribution in [2.75, 3.05) is 30.3 Å². The number of alkyl halides is 1. The zero-order valence-corrected chi connectivity index (χ0v) is 16.6. The molecule has 2 aromatic heterocycles. The Morgan fingerprint density at radius 1 is 1.31 bits per heavy atom. The fourth-order valence-electron chi connectivity index (χ4n) is 3.36. The molecule has 0 spiro atoms. The molecule has 0 radical (unpaired) electrons. The minimum atomic E-state index is -1.33. The molecule has 4 heterocycles. The van der Waals surface area contributed by atoms with Crippen LogP contribution in [0.4, 0.5) is 14.6 Å². The quantitative estimate of drug-likeness (QED) is 0.463. The predicted molar refractivity (Wildman–Crippen MR) is 103 cm³/mol. The second kappa shape index (κ2) is 8.19. The molecular formula is C17H22ClF2N5S. The van der Waals surface area contributed by atoms with Gasteiger partial charge >= 0.3 is 0 Å². The highest BCUT2D eigenvalue weighted by atomic mass is 35.5. The Morgan fingerprint density at radius 2 is 2.08 bits per heavy atom. The first kappa shape index (κ1) is 19.5. The highest BCUT2D eigenvalue weighted by Crippen LogP contribution is 2.41. The maximum Gasteiger partial charge on any atom is 0.190 e. The number of hydrogen-bond donors (Lipinski definition) is 1. The monoisotopic (exact) mass is 401 g/mol. The zero-order valence-electron chi connectivity index (χ0n) is 15.0. The number of piperazine rings is 1. The third kappa shape index (κ3) is 3.34. The van der Waals surface area contributed by atoms with Gasteiger partial charge in [0.2, 0.25) is 0 Å². The first-order chi connectivity index (χ1) is 12.6. The fraction of sp³-hybridized carbons (Fsp3) is 0.588. The van der Waals surface area contributed by atoms with Crippen molar-refractivity contribution in [1.29, 1.82) is 0 Å². The van der Waals surface area contributed by atoms with Crippen LogP contribution in [0.15, 0.2) is 5.16 Å². The van der Waals surface area contributed by atoms with Crippen LogP contribution in [0.25, 0.3) is 10.9 Å². The number of pyridine rings is 1. The highest BCUT2D eigenvalue weighted by Gasteiger charge is 2.36. The molecule has 0 aromatic carbocycles. The average Bonchev–Trinajstić information content (AvgIpc) is 2.77. The first-order valence-corrected chi connectivity index (χ1v) is 10.3. The van der Waals surface area contributed by atoms with E-state index in [9.17, 15) is 8.78 Å². The van der Waals surface area contributed by atoms with Gasteiger partial charge < -0.3 is 10.2 Å². The van der Waals surface area contributed by atoms with Crippen molar-refractivity contribution in [3.63, 3.8) is 0 Å². The van der Waals surface area contributed by atoms with Gasteiger partial charge in [0.25, 0.3) is 0 Å². The Labute approximate surface area is 160 Å². The van der Waals surface area contributed by atoms with E-state index in [4.69, 9.17) is 11.6 Å². The summed E-state index contributed by atoms with van der Waals surface area (Å²) in [6, 6.07) is -0.0534. The van der Waals surface area contributed by atoms with Crippen molar-refractivity contribution in [3.8, 4) is 0 Å². The smallest absolute Gasteiger partial charge is 0.190 e. The van der Waals surface area contributed by atoms with Gasteiger partial charge in [-0.15, -0.1) is 0 Å². The molecule has 4 rings (SSSR count). The molecule has 0 bridgehead atoms. The second-order valence-corrected chi connectivity index (χ2v) is 7.43. The van der Waals surface area contributed by atoms with Crippen molar-refractivity contribution in [3.05, 3.63) is 16.7 Å². The van der Waals surface area contributed by atoms with Gasteiger partial charge in [0.1, 0.15) is 17.5 Å². The summed E-state index contributed by atoms with van der Waals surface area (Å²) >= 11 is 7.33. The van der Waals surface area contributed by atoms with E-state index in [-0.39, 0.29) is 28.8 Å². The lowest BCUT2D eigenvalue weighted by molar-refractivity contribution is 0.284. The minimum absolute atomic E-state index is 0.0534. The normalized spacial score (nSPS) is 21.7. The van der Waals surface area contributed by atoms with Gasteiger partial charge in [-0.1, -0.05) is 44.1 Å². The van der Waals surface area contributed by atoms with Gasteiger partial charge in [0.05, 0.1) is 11.1 Å². The Balaban J connectivity index is 0.000000948. The SMILES string of the molecule is CC.CCSc1nc2c3c(nc(Cl)c(F)c3n1)C(F)CC1CNCCN21. The molecule has 26 heavy (non-hydrogen) atoms. The fourth-order valence-corrected chi connectivity index (χ4v) is 4.11. The van der Waals surface area contributed by atoms with E-state index in [2.05, 4.69) is 25.2 Å². The van der Waals surface area contributed by atoms with Gasteiger partial charge in [-0.3, -0.25) is 0 Å².